The molecule has 0 aromatic rings. The molecule has 0 bridgehead atoms. The molecule has 0 atom stereocenters. The summed E-state index contributed by atoms with van der Waals surface area (Å²) in [6, 6.07) is 0. The predicted molar refractivity (Wildman–Crippen MR) is 12.5 cm³/mol. The maximum absolute atomic E-state index is 0. The van der Waals surface area contributed by atoms with Crippen LogP contribution in [-0.2, 0) is 34.1 Å². The second kappa shape index (κ2) is 28.6. The first-order chi connectivity index (χ1) is 0. The minimum Gasteiger partial charge on any atom is -0.0776 e. The van der Waals surface area contributed by atoms with Crippen molar-refractivity contribution in [1.82, 2.24) is 0 Å². The molecule has 0 heterocycles. The molecule has 4 heavy (non-hydrogen) atoms. The third kappa shape index (κ3) is 10.5. The van der Waals surface area contributed by atoms with E-state index in [1.54, 1.807) is 0 Å². The van der Waals surface area contributed by atoms with Crippen LogP contribution in [0.4, 0.5) is 0 Å². The summed E-state index contributed by atoms with van der Waals surface area (Å²) in [5.41, 5.74) is 0. The van der Waals surface area contributed by atoms with Gasteiger partial charge >= 0.3 is 0 Å². The first-order valence-electron chi connectivity index (χ1n) is 0. The normalized spacial score (nSPS) is 0. The van der Waals surface area contributed by atoms with Crippen molar-refractivity contribution in [2.24, 2.45) is 0 Å². The van der Waals surface area contributed by atoms with Gasteiger partial charge in [-0.05, 0) is 0 Å². The molecule has 0 amide bonds. The Hall–Kier alpha value is 1.26. The van der Waals surface area contributed by atoms with Crippen molar-refractivity contribution in [3.63, 3.8) is 0 Å². The van der Waals surface area contributed by atoms with Gasteiger partial charge < -0.3 is 0 Å². The van der Waals surface area contributed by atoms with Crippen LogP contribution in [0.5, 0.6) is 0 Å². The monoisotopic (exact) mass is 155 g/mol. The average Bonchev–Trinajstić information content (AvgIpc) is 0. The number of hydrogen-bond donors (Lipinski definition) is 0. The van der Waals surface area contributed by atoms with Crippen LogP contribution in [-0.4, -0.2) is 11.0 Å². The van der Waals surface area contributed by atoms with Crippen molar-refractivity contribution < 1.29 is 34.1 Å². The Labute approximate surface area is 52.7 Å². The van der Waals surface area contributed by atoms with Crippen molar-refractivity contribution in [3.8, 4) is 0 Å². The summed E-state index contributed by atoms with van der Waals surface area (Å²) in [6.45, 7) is 0. The molecule has 0 N–H and O–H groups in total. The zero-order chi connectivity index (χ0) is 0. The molecular weight excluding hydrogens is 151 g/mol. The van der Waals surface area contributed by atoms with E-state index in [9.17, 15) is 0 Å². The van der Waals surface area contributed by atoms with E-state index < -0.39 is 0 Å². The second-order valence-corrected chi connectivity index (χ2v) is 0. The van der Waals surface area contributed by atoms with Crippen molar-refractivity contribution in [3.05, 3.63) is 0 Å². The summed E-state index contributed by atoms with van der Waals surface area (Å²) in [4.78, 5) is 0. The van der Waals surface area contributed by atoms with E-state index in [0.717, 1.165) is 0 Å². The SMILES string of the molecule is C.[Fe].[Mn].[Si]. The largest absolute Gasteiger partial charge is 0.0776 e. The molecule has 0 aliphatic carbocycles. The minimum absolute atomic E-state index is 0. The molecule has 0 aromatic heterocycles. The molecule has 0 saturated heterocycles. The van der Waals surface area contributed by atoms with Gasteiger partial charge in [-0.3, -0.25) is 0 Å². The standard InChI is InChI=1S/CH4.Fe.Mn.Si/h1H4;;;. The smallest absolute Gasteiger partial charge is 0 e. The molecule has 27 valence electrons. The summed E-state index contributed by atoms with van der Waals surface area (Å²) in [5.74, 6) is 0. The van der Waals surface area contributed by atoms with Gasteiger partial charge in [0.25, 0.3) is 0 Å². The first-order valence-corrected chi connectivity index (χ1v) is 0. The molecule has 0 unspecified atom stereocenters. The van der Waals surface area contributed by atoms with E-state index in [1.807, 2.05) is 0 Å². The molecule has 0 spiro atoms. The third-order valence-corrected chi connectivity index (χ3v) is 0. The van der Waals surface area contributed by atoms with Gasteiger partial charge in [-0.25, -0.2) is 0 Å². The fourth-order valence-electron chi connectivity index (χ4n) is 0. The Morgan fingerprint density at radius 2 is 1.00 bits per heavy atom. The van der Waals surface area contributed by atoms with Crippen LogP contribution in [0.2, 0.25) is 0 Å². The molecule has 0 saturated carbocycles. The second-order valence-electron chi connectivity index (χ2n) is 0. The van der Waals surface area contributed by atoms with Gasteiger partial charge in [0.05, 0.1) is 0 Å². The Morgan fingerprint density at radius 3 is 1.00 bits per heavy atom. The van der Waals surface area contributed by atoms with Gasteiger partial charge in [0.2, 0.25) is 0 Å². The van der Waals surface area contributed by atoms with Gasteiger partial charge in [0.15, 0.2) is 0 Å². The van der Waals surface area contributed by atoms with Crippen LogP contribution in [0.1, 0.15) is 7.43 Å². The van der Waals surface area contributed by atoms with Gasteiger partial charge in [-0.2, -0.15) is 0 Å². The quantitative estimate of drug-likeness (QED) is 0.440. The first kappa shape index (κ1) is 60.4. The predicted octanol–water partition coefficient (Wildman–Crippen LogP) is 0.250. The van der Waals surface area contributed by atoms with Crippen LogP contribution in [0.25, 0.3) is 0 Å². The zero-order valence-electron chi connectivity index (χ0n) is 1.23. The van der Waals surface area contributed by atoms with E-state index in [2.05, 4.69) is 0 Å². The van der Waals surface area contributed by atoms with Gasteiger partial charge in [-0.1, -0.05) is 7.43 Å². The number of rotatable bonds is 0. The Bertz CT molecular complexity index is 8.00. The molecule has 0 aromatic carbocycles. The third-order valence-electron chi connectivity index (χ3n) is 0. The average molecular weight is 155 g/mol. The maximum atomic E-state index is 0. The molecular formula is CH4FeMnSi. The summed E-state index contributed by atoms with van der Waals surface area (Å²) < 4.78 is 0. The van der Waals surface area contributed by atoms with Gasteiger partial charge in [-0.15, -0.1) is 0 Å². The van der Waals surface area contributed by atoms with Crippen LogP contribution in [0.15, 0.2) is 0 Å². The molecule has 0 aliphatic rings. The van der Waals surface area contributed by atoms with Crippen molar-refractivity contribution >= 4 is 11.0 Å². The topological polar surface area (TPSA) is 0 Å². The summed E-state index contributed by atoms with van der Waals surface area (Å²) in [7, 11) is 0. The summed E-state index contributed by atoms with van der Waals surface area (Å²) in [5, 5.41) is 0. The van der Waals surface area contributed by atoms with E-state index in [0.29, 0.717) is 0 Å². The molecule has 3 heteroatoms. The van der Waals surface area contributed by atoms with E-state index in [4.69, 9.17) is 0 Å². The van der Waals surface area contributed by atoms with E-state index in [1.165, 1.54) is 0 Å². The molecule has 5 radical (unpaired) electrons. The van der Waals surface area contributed by atoms with Gasteiger partial charge in [0.1, 0.15) is 0 Å². The van der Waals surface area contributed by atoms with E-state index in [-0.39, 0.29) is 52.5 Å². The van der Waals surface area contributed by atoms with Crippen LogP contribution >= 0.6 is 0 Å². The molecule has 0 fully saturated rings. The van der Waals surface area contributed by atoms with Crippen molar-refractivity contribution in [2.75, 3.05) is 0 Å². The molecule has 0 rings (SSSR count). The van der Waals surface area contributed by atoms with Crippen molar-refractivity contribution in [1.29, 1.82) is 0 Å². The molecule has 0 nitrogen and oxygen atoms in total. The van der Waals surface area contributed by atoms with Crippen molar-refractivity contribution in [2.45, 2.75) is 7.43 Å². The number of hydrogen-bond acceptors (Lipinski definition) is 0. The Balaban J connectivity index is 0. The van der Waals surface area contributed by atoms with Gasteiger partial charge in [0, 0.05) is 45.1 Å². The van der Waals surface area contributed by atoms with E-state index >= 15 is 0 Å². The summed E-state index contributed by atoms with van der Waals surface area (Å²) in [6.07, 6.45) is 0. The minimum atomic E-state index is 0. The zero-order valence-corrected chi connectivity index (χ0v) is 4.52. The Kier molecular flexibility index (Phi) is 432. The van der Waals surface area contributed by atoms with Crippen LogP contribution in [0, 0.1) is 0 Å². The summed E-state index contributed by atoms with van der Waals surface area (Å²) >= 11 is 0. The van der Waals surface area contributed by atoms with Crippen LogP contribution < -0.4 is 0 Å². The fourth-order valence-corrected chi connectivity index (χ4v) is 0. The maximum Gasteiger partial charge on any atom is 0 e. The molecule has 0 aliphatic heterocycles. The van der Waals surface area contributed by atoms with Crippen LogP contribution in [0.3, 0.4) is 0 Å². The Morgan fingerprint density at radius 1 is 1.00 bits per heavy atom. The fraction of sp³-hybridized carbons (Fsp3) is 1.00.